The summed E-state index contributed by atoms with van der Waals surface area (Å²) in [6, 6.07) is 8.51. The van der Waals surface area contributed by atoms with E-state index in [2.05, 4.69) is 4.74 Å². The van der Waals surface area contributed by atoms with Crippen molar-refractivity contribution in [1.29, 1.82) is 0 Å². The minimum Gasteiger partial charge on any atom is -0.487 e. The van der Waals surface area contributed by atoms with Crippen molar-refractivity contribution in [3.8, 4) is 11.5 Å². The summed E-state index contributed by atoms with van der Waals surface area (Å²) in [5.74, 6) is -1.72. The van der Waals surface area contributed by atoms with Crippen LogP contribution in [0.1, 0.15) is 42.7 Å². The first-order chi connectivity index (χ1) is 16.2. The summed E-state index contributed by atoms with van der Waals surface area (Å²) < 4.78 is 85.9. The minimum absolute atomic E-state index is 0.0877. The second-order valence-electron chi connectivity index (χ2n) is 9.00. The van der Waals surface area contributed by atoms with Crippen molar-refractivity contribution in [3.63, 3.8) is 0 Å². The number of alkyl halides is 3. The Morgan fingerprint density at radius 3 is 2.06 bits per heavy atom. The average Bonchev–Trinajstić information content (AvgIpc) is 2.78. The molecule has 1 saturated carbocycles. The topological polar surface area (TPSA) is 36.9 Å². The highest BCUT2D eigenvalue weighted by Crippen LogP contribution is 2.39. The van der Waals surface area contributed by atoms with Crippen LogP contribution < -0.4 is 9.47 Å². The molecule has 186 valence electrons. The molecule has 0 radical (unpaired) electrons. The lowest BCUT2D eigenvalue weighted by Crippen LogP contribution is -2.40. The molecule has 34 heavy (non-hydrogen) atoms. The van der Waals surface area contributed by atoms with Crippen molar-refractivity contribution in [2.45, 2.75) is 51.2 Å². The third-order valence-corrected chi connectivity index (χ3v) is 6.34. The molecule has 0 aromatic heterocycles. The highest BCUT2D eigenvalue weighted by molar-refractivity contribution is 5.31. The molecule has 0 bridgehead atoms. The van der Waals surface area contributed by atoms with Crippen molar-refractivity contribution < 1.29 is 40.9 Å². The summed E-state index contributed by atoms with van der Waals surface area (Å²) in [6.45, 7) is 2.45. The molecular weight excluding hydrogens is 459 g/mol. The van der Waals surface area contributed by atoms with Crippen LogP contribution in [0, 0.1) is 30.4 Å². The summed E-state index contributed by atoms with van der Waals surface area (Å²) in [5, 5.41) is 0. The molecule has 0 spiro atoms. The highest BCUT2D eigenvalue weighted by atomic mass is 19.4. The van der Waals surface area contributed by atoms with Crippen LogP contribution in [0.4, 0.5) is 22.0 Å². The van der Waals surface area contributed by atoms with Crippen molar-refractivity contribution in [2.75, 3.05) is 19.8 Å². The monoisotopic (exact) mass is 486 g/mol. The third kappa shape index (κ3) is 6.39. The van der Waals surface area contributed by atoms with E-state index in [1.807, 2.05) is 0 Å². The van der Waals surface area contributed by atoms with E-state index >= 15 is 0 Å². The van der Waals surface area contributed by atoms with Gasteiger partial charge in [0, 0.05) is 11.8 Å². The van der Waals surface area contributed by atoms with Gasteiger partial charge in [0.1, 0.15) is 5.75 Å². The van der Waals surface area contributed by atoms with Crippen molar-refractivity contribution >= 4 is 0 Å². The van der Waals surface area contributed by atoms with Gasteiger partial charge < -0.3 is 18.9 Å². The summed E-state index contributed by atoms with van der Waals surface area (Å²) in [4.78, 5) is 0. The van der Waals surface area contributed by atoms with Crippen molar-refractivity contribution in [3.05, 3.63) is 59.2 Å². The zero-order valence-electron chi connectivity index (χ0n) is 18.7. The molecule has 2 aromatic carbocycles. The van der Waals surface area contributed by atoms with Gasteiger partial charge in [-0.2, -0.15) is 0 Å². The first-order valence-corrected chi connectivity index (χ1v) is 11.4. The van der Waals surface area contributed by atoms with E-state index in [9.17, 15) is 22.0 Å². The lowest BCUT2D eigenvalue weighted by Gasteiger charge is -2.37. The molecular formula is C25H27F5O4. The van der Waals surface area contributed by atoms with Gasteiger partial charge in [-0.25, -0.2) is 8.78 Å². The second kappa shape index (κ2) is 10.5. The molecule has 0 atom stereocenters. The Labute approximate surface area is 195 Å². The lowest BCUT2D eigenvalue weighted by molar-refractivity contribution is -0.274. The third-order valence-electron chi connectivity index (χ3n) is 6.34. The normalized spacial score (nSPS) is 25.7. The minimum atomic E-state index is -4.70. The summed E-state index contributed by atoms with van der Waals surface area (Å²) >= 11 is 0. The summed E-state index contributed by atoms with van der Waals surface area (Å²) in [6.07, 6.45) is -1.53. The van der Waals surface area contributed by atoms with Gasteiger partial charge in [0.2, 0.25) is 0 Å². The summed E-state index contributed by atoms with van der Waals surface area (Å²) in [5.41, 5.74) is 1.47. The maximum absolute atomic E-state index is 13.9. The molecule has 2 aromatic rings. The molecule has 4 nitrogen and oxygen atoms in total. The van der Waals surface area contributed by atoms with E-state index in [1.54, 1.807) is 19.1 Å². The number of rotatable bonds is 6. The quantitative estimate of drug-likeness (QED) is 0.436. The van der Waals surface area contributed by atoms with E-state index in [4.69, 9.17) is 14.2 Å². The van der Waals surface area contributed by atoms with Gasteiger partial charge in [0.15, 0.2) is 23.7 Å². The predicted molar refractivity (Wildman–Crippen MR) is 114 cm³/mol. The molecule has 0 unspecified atom stereocenters. The van der Waals surface area contributed by atoms with Crippen molar-refractivity contribution in [2.24, 2.45) is 11.8 Å². The van der Waals surface area contributed by atoms with Gasteiger partial charge >= 0.3 is 6.36 Å². The van der Waals surface area contributed by atoms with Gasteiger partial charge in [0.25, 0.3) is 0 Å². The van der Waals surface area contributed by atoms with Crippen LogP contribution in [0.25, 0.3) is 0 Å². The fourth-order valence-corrected chi connectivity index (χ4v) is 4.62. The smallest absolute Gasteiger partial charge is 0.487 e. The largest absolute Gasteiger partial charge is 0.573 e. The SMILES string of the molecule is Cc1cc(F)c(OCC2COC(C3CCC(c4ccc(OC(F)(F)F)cc4)CC3)OC2)c(F)c1. The molecule has 1 heterocycles. The Bertz CT molecular complexity index is 924. The number of halogens is 5. The van der Waals surface area contributed by atoms with E-state index in [1.165, 1.54) is 24.3 Å². The Morgan fingerprint density at radius 2 is 1.50 bits per heavy atom. The second-order valence-corrected chi connectivity index (χ2v) is 9.00. The van der Waals surface area contributed by atoms with Gasteiger partial charge in [-0.1, -0.05) is 12.1 Å². The number of hydrogen-bond acceptors (Lipinski definition) is 4. The Morgan fingerprint density at radius 1 is 0.912 bits per heavy atom. The van der Waals surface area contributed by atoms with Crippen molar-refractivity contribution in [1.82, 2.24) is 0 Å². The van der Waals surface area contributed by atoms with E-state index in [-0.39, 0.29) is 42.1 Å². The Balaban J connectivity index is 1.21. The molecule has 9 heteroatoms. The molecule has 1 saturated heterocycles. The van der Waals surface area contributed by atoms with Crippen LogP contribution >= 0.6 is 0 Å². The number of hydrogen-bond donors (Lipinski definition) is 0. The zero-order valence-corrected chi connectivity index (χ0v) is 18.7. The Kier molecular flexibility index (Phi) is 7.62. The maximum Gasteiger partial charge on any atom is 0.573 e. The van der Waals surface area contributed by atoms with E-state index < -0.39 is 18.0 Å². The average molecular weight is 486 g/mol. The van der Waals surface area contributed by atoms with Crippen LogP contribution in [-0.2, 0) is 9.47 Å². The number of benzene rings is 2. The van der Waals surface area contributed by atoms with Crippen LogP contribution in [0.5, 0.6) is 11.5 Å². The van der Waals surface area contributed by atoms with Crippen LogP contribution in [-0.4, -0.2) is 32.5 Å². The Hall–Kier alpha value is -2.39. The van der Waals surface area contributed by atoms with E-state index in [0.29, 0.717) is 18.8 Å². The van der Waals surface area contributed by atoms with Crippen LogP contribution in [0.15, 0.2) is 36.4 Å². The fourth-order valence-electron chi connectivity index (χ4n) is 4.62. The van der Waals surface area contributed by atoms with Gasteiger partial charge in [-0.05, 0) is 73.9 Å². The summed E-state index contributed by atoms with van der Waals surface area (Å²) in [7, 11) is 0. The van der Waals surface area contributed by atoms with Gasteiger partial charge in [-0.3, -0.25) is 0 Å². The number of aryl methyl sites for hydroxylation is 1. The molecule has 2 fully saturated rings. The van der Waals surface area contributed by atoms with Gasteiger partial charge in [-0.15, -0.1) is 13.2 Å². The predicted octanol–water partition coefficient (Wildman–Crippen LogP) is 6.51. The molecule has 0 amide bonds. The first-order valence-electron chi connectivity index (χ1n) is 11.4. The molecule has 4 rings (SSSR count). The number of ether oxygens (including phenoxy) is 4. The van der Waals surface area contributed by atoms with Gasteiger partial charge in [0.05, 0.1) is 19.8 Å². The molecule has 0 N–H and O–H groups in total. The van der Waals surface area contributed by atoms with E-state index in [0.717, 1.165) is 31.2 Å². The fraction of sp³-hybridized carbons (Fsp3) is 0.520. The zero-order chi connectivity index (χ0) is 24.3. The standard InChI is InChI=1S/C25H27F5O4/c1-15-10-21(26)23(22(27)11-15)31-12-16-13-32-24(33-14-16)19-4-2-17(3-5-19)18-6-8-20(9-7-18)34-25(28,29)30/h6-11,16-17,19,24H,2-5,12-14H2,1H3. The maximum atomic E-state index is 13.9. The molecule has 1 aliphatic heterocycles. The highest BCUT2D eigenvalue weighted by Gasteiger charge is 2.34. The molecule has 1 aliphatic carbocycles. The van der Waals surface area contributed by atoms with Crippen LogP contribution in [0.2, 0.25) is 0 Å². The van der Waals surface area contributed by atoms with Crippen LogP contribution in [0.3, 0.4) is 0 Å². The molecule has 2 aliphatic rings. The lowest BCUT2D eigenvalue weighted by atomic mass is 9.78. The first kappa shape index (κ1) is 24.7.